The number of methoxy groups -OCH3 is 1. The van der Waals surface area contributed by atoms with Gasteiger partial charge in [-0.25, -0.2) is 4.39 Å². The maximum absolute atomic E-state index is 12.8. The van der Waals surface area contributed by atoms with Crippen LogP contribution >= 0.6 is 23.5 Å². The van der Waals surface area contributed by atoms with Gasteiger partial charge in [-0.3, -0.25) is 0 Å². The van der Waals surface area contributed by atoms with Crippen LogP contribution < -0.4 is 4.72 Å². The summed E-state index contributed by atoms with van der Waals surface area (Å²) in [4.78, 5) is 1.13. The standard InChI is InChI=1S/C13H17FN2OS2/c1-5-9(2)6-11(12(8-14)17-4)15-19-13-7-10(3)18-16-13/h5-8,15H,1-4H3/b9-5-,11-6+,12-8-. The van der Waals surface area contributed by atoms with E-state index in [1.54, 1.807) is 0 Å². The number of allylic oxidation sites excluding steroid dienone is 3. The monoisotopic (exact) mass is 300 g/mol. The van der Waals surface area contributed by atoms with E-state index in [-0.39, 0.29) is 5.76 Å². The van der Waals surface area contributed by atoms with E-state index in [2.05, 4.69) is 9.10 Å². The average molecular weight is 300 g/mol. The van der Waals surface area contributed by atoms with Gasteiger partial charge in [0.05, 0.1) is 12.8 Å². The first-order valence-electron chi connectivity index (χ1n) is 5.66. The van der Waals surface area contributed by atoms with Gasteiger partial charge >= 0.3 is 0 Å². The predicted octanol–water partition coefficient (Wildman–Crippen LogP) is 4.36. The minimum atomic E-state index is 0.153. The highest BCUT2D eigenvalue weighted by molar-refractivity contribution is 7.97. The number of nitrogens with one attached hydrogen (secondary N) is 1. The Morgan fingerprint density at radius 1 is 1.58 bits per heavy atom. The van der Waals surface area contributed by atoms with E-state index in [1.165, 1.54) is 30.6 Å². The molecule has 1 N–H and O–H groups in total. The van der Waals surface area contributed by atoms with Crippen molar-refractivity contribution in [3.63, 3.8) is 0 Å². The molecule has 0 aliphatic rings. The number of aromatic nitrogens is 1. The first-order valence-corrected chi connectivity index (χ1v) is 7.25. The molecule has 0 fully saturated rings. The van der Waals surface area contributed by atoms with Crippen molar-refractivity contribution in [2.75, 3.05) is 7.11 Å². The van der Waals surface area contributed by atoms with Crippen LogP contribution in [0, 0.1) is 6.92 Å². The molecule has 6 heteroatoms. The van der Waals surface area contributed by atoms with E-state index < -0.39 is 0 Å². The molecule has 0 saturated heterocycles. The Kier molecular flexibility index (Phi) is 6.66. The third-order valence-electron chi connectivity index (χ3n) is 2.28. The van der Waals surface area contributed by atoms with E-state index in [1.807, 2.05) is 39.0 Å². The molecule has 0 spiro atoms. The fraction of sp³-hybridized carbons (Fsp3) is 0.308. The lowest BCUT2D eigenvalue weighted by Gasteiger charge is -2.11. The number of rotatable bonds is 6. The fourth-order valence-electron chi connectivity index (χ4n) is 1.17. The minimum Gasteiger partial charge on any atom is -0.492 e. The molecule has 0 bridgehead atoms. The topological polar surface area (TPSA) is 34.2 Å². The van der Waals surface area contributed by atoms with Gasteiger partial charge in [0.1, 0.15) is 11.4 Å². The Labute approximate surface area is 121 Å². The average Bonchev–Trinajstić information content (AvgIpc) is 2.82. The van der Waals surface area contributed by atoms with Gasteiger partial charge in [0, 0.05) is 16.8 Å². The zero-order valence-corrected chi connectivity index (χ0v) is 13.0. The summed E-state index contributed by atoms with van der Waals surface area (Å²) in [6.45, 7) is 5.85. The number of hydrogen-bond donors (Lipinski definition) is 1. The smallest absolute Gasteiger partial charge is 0.170 e. The molecule has 0 unspecified atom stereocenters. The van der Waals surface area contributed by atoms with Crippen LogP contribution in [0.15, 0.2) is 46.6 Å². The Hall–Kier alpha value is -1.27. The van der Waals surface area contributed by atoms with Crippen molar-refractivity contribution in [3.8, 4) is 0 Å². The molecule has 19 heavy (non-hydrogen) atoms. The van der Waals surface area contributed by atoms with E-state index >= 15 is 0 Å². The molecule has 0 amide bonds. The van der Waals surface area contributed by atoms with Gasteiger partial charge in [-0.15, -0.1) is 0 Å². The van der Waals surface area contributed by atoms with Crippen LogP contribution in [0.2, 0.25) is 0 Å². The van der Waals surface area contributed by atoms with Crippen LogP contribution in [0.25, 0.3) is 0 Å². The summed E-state index contributed by atoms with van der Waals surface area (Å²) in [6, 6.07) is 1.97. The largest absolute Gasteiger partial charge is 0.492 e. The van der Waals surface area contributed by atoms with Crippen molar-refractivity contribution in [2.24, 2.45) is 0 Å². The summed E-state index contributed by atoms with van der Waals surface area (Å²) in [6.07, 6.45) is 4.20. The first-order chi connectivity index (χ1) is 9.10. The summed E-state index contributed by atoms with van der Waals surface area (Å²) >= 11 is 2.76. The van der Waals surface area contributed by atoms with Gasteiger partial charge in [-0.05, 0) is 44.4 Å². The van der Waals surface area contributed by atoms with Crippen LogP contribution in [0.1, 0.15) is 18.7 Å². The fourth-order valence-corrected chi connectivity index (χ4v) is 2.57. The second kappa shape index (κ2) is 8.01. The van der Waals surface area contributed by atoms with Crippen molar-refractivity contribution in [2.45, 2.75) is 25.8 Å². The highest BCUT2D eigenvalue weighted by Gasteiger charge is 2.08. The summed E-state index contributed by atoms with van der Waals surface area (Å²) in [5.41, 5.74) is 1.57. The van der Waals surface area contributed by atoms with E-state index in [9.17, 15) is 4.39 Å². The third-order valence-corrected chi connectivity index (χ3v) is 3.83. The van der Waals surface area contributed by atoms with Crippen LogP contribution in [0.4, 0.5) is 4.39 Å². The second-order valence-electron chi connectivity index (χ2n) is 3.75. The van der Waals surface area contributed by atoms with Gasteiger partial charge in [-0.1, -0.05) is 11.6 Å². The number of halogens is 1. The van der Waals surface area contributed by atoms with Gasteiger partial charge in [-0.2, -0.15) is 4.37 Å². The highest BCUT2D eigenvalue weighted by atomic mass is 32.2. The molecule has 0 atom stereocenters. The summed E-state index contributed by atoms with van der Waals surface area (Å²) in [5.74, 6) is 0.153. The molecule has 1 heterocycles. The van der Waals surface area contributed by atoms with Crippen molar-refractivity contribution < 1.29 is 9.13 Å². The van der Waals surface area contributed by atoms with Crippen molar-refractivity contribution in [1.29, 1.82) is 0 Å². The SMILES string of the molecule is C\C=C(C)/C=C(NSc1cc(C)sn1)\C(=C\F)OC. The van der Waals surface area contributed by atoms with E-state index in [0.29, 0.717) is 12.0 Å². The molecule has 1 aromatic rings. The maximum atomic E-state index is 12.8. The minimum absolute atomic E-state index is 0.153. The van der Waals surface area contributed by atoms with Gasteiger partial charge in [0.2, 0.25) is 0 Å². The van der Waals surface area contributed by atoms with Gasteiger partial charge < -0.3 is 9.46 Å². The quantitative estimate of drug-likeness (QED) is 0.481. The molecule has 1 aromatic heterocycles. The number of aryl methyl sites for hydroxylation is 1. The van der Waals surface area contributed by atoms with Gasteiger partial charge in [0.15, 0.2) is 5.76 Å². The Balaban J connectivity index is 2.83. The summed E-state index contributed by atoms with van der Waals surface area (Å²) in [5, 5.41) is 0.848. The van der Waals surface area contributed by atoms with Crippen molar-refractivity contribution in [1.82, 2.24) is 9.10 Å². The molecular weight excluding hydrogens is 283 g/mol. The maximum Gasteiger partial charge on any atom is 0.170 e. The van der Waals surface area contributed by atoms with E-state index in [0.717, 1.165) is 15.5 Å². The predicted molar refractivity (Wildman–Crippen MR) is 79.6 cm³/mol. The zero-order valence-electron chi connectivity index (χ0n) is 11.4. The lowest BCUT2D eigenvalue weighted by molar-refractivity contribution is 0.290. The van der Waals surface area contributed by atoms with Crippen LogP contribution in [0.5, 0.6) is 0 Å². The Morgan fingerprint density at radius 2 is 2.32 bits per heavy atom. The molecule has 0 aromatic carbocycles. The molecule has 0 aliphatic carbocycles. The normalized spacial score (nSPS) is 13.6. The Morgan fingerprint density at radius 3 is 2.79 bits per heavy atom. The van der Waals surface area contributed by atoms with Crippen molar-refractivity contribution in [3.05, 3.63) is 46.5 Å². The van der Waals surface area contributed by atoms with Crippen LogP contribution in [-0.2, 0) is 4.74 Å². The van der Waals surface area contributed by atoms with Crippen molar-refractivity contribution >= 4 is 23.5 Å². The van der Waals surface area contributed by atoms with E-state index in [4.69, 9.17) is 4.74 Å². The number of ether oxygens (including phenoxy) is 1. The lowest BCUT2D eigenvalue weighted by Crippen LogP contribution is -2.08. The molecule has 104 valence electrons. The highest BCUT2D eigenvalue weighted by Crippen LogP contribution is 2.21. The first kappa shape index (κ1) is 15.8. The number of hydrogen-bond acceptors (Lipinski definition) is 5. The number of nitrogens with zero attached hydrogens (tertiary/aromatic N) is 1. The van der Waals surface area contributed by atoms with Crippen LogP contribution in [-0.4, -0.2) is 11.5 Å². The summed E-state index contributed by atoms with van der Waals surface area (Å²) in [7, 11) is 1.43. The molecule has 0 radical (unpaired) electrons. The molecular formula is C13H17FN2OS2. The third kappa shape index (κ3) is 5.08. The molecule has 0 saturated carbocycles. The summed E-state index contributed by atoms with van der Waals surface area (Å²) < 4.78 is 25.1. The van der Waals surface area contributed by atoms with Crippen LogP contribution in [0.3, 0.4) is 0 Å². The molecule has 1 rings (SSSR count). The lowest BCUT2D eigenvalue weighted by atomic mass is 10.2. The molecule has 3 nitrogen and oxygen atoms in total. The van der Waals surface area contributed by atoms with Gasteiger partial charge in [0.25, 0.3) is 0 Å². The second-order valence-corrected chi connectivity index (χ2v) is 5.58. The Bertz CT molecular complexity index is 506. The molecule has 0 aliphatic heterocycles. The zero-order chi connectivity index (χ0) is 14.3.